The summed E-state index contributed by atoms with van der Waals surface area (Å²) < 4.78 is 10.9. The van der Waals surface area contributed by atoms with Crippen molar-refractivity contribution in [2.75, 3.05) is 25.6 Å². The summed E-state index contributed by atoms with van der Waals surface area (Å²) in [5.41, 5.74) is 2.35. The molecule has 1 N–H and O–H groups in total. The quantitative estimate of drug-likeness (QED) is 0.622. The molecule has 2 rings (SSSR count). The van der Waals surface area contributed by atoms with Crippen LogP contribution in [0.1, 0.15) is 44.6 Å². The molecule has 0 saturated heterocycles. The van der Waals surface area contributed by atoms with Gasteiger partial charge in [0.05, 0.1) is 12.3 Å². The van der Waals surface area contributed by atoms with Crippen LogP contribution in [-0.2, 0) is 4.74 Å². The van der Waals surface area contributed by atoms with Gasteiger partial charge in [0.2, 0.25) is 0 Å². The molecule has 0 bridgehead atoms. The number of anilines is 1. The summed E-state index contributed by atoms with van der Waals surface area (Å²) in [6.45, 7) is 5.68. The number of methoxy groups -OCH3 is 1. The summed E-state index contributed by atoms with van der Waals surface area (Å²) in [6, 6.07) is 6.97. The zero-order valence-electron chi connectivity index (χ0n) is 13.7. The van der Waals surface area contributed by atoms with Crippen molar-refractivity contribution in [3.05, 3.63) is 23.8 Å². The minimum atomic E-state index is 0.572. The van der Waals surface area contributed by atoms with Crippen molar-refractivity contribution in [1.29, 1.82) is 0 Å². The molecule has 3 nitrogen and oxygen atoms in total. The number of rotatable bonds is 6. The lowest BCUT2D eigenvalue weighted by Crippen LogP contribution is -2.19. The van der Waals surface area contributed by atoms with Crippen molar-refractivity contribution in [1.82, 2.24) is 0 Å². The molecule has 0 spiro atoms. The molecule has 1 aromatic carbocycles. The lowest BCUT2D eigenvalue weighted by molar-refractivity contribution is 0.146. The number of hydrogen-bond acceptors (Lipinski definition) is 3. The van der Waals surface area contributed by atoms with Gasteiger partial charge in [-0.2, -0.15) is 0 Å². The van der Waals surface area contributed by atoms with Gasteiger partial charge in [-0.25, -0.2) is 0 Å². The van der Waals surface area contributed by atoms with Crippen LogP contribution in [0.3, 0.4) is 0 Å². The molecule has 0 amide bonds. The summed E-state index contributed by atoms with van der Waals surface area (Å²) in [7, 11) is 1.70. The first kappa shape index (κ1) is 16.2. The predicted octanol–water partition coefficient (Wildman–Crippen LogP) is 4.40. The second kappa shape index (κ2) is 8.28. The van der Waals surface area contributed by atoms with Gasteiger partial charge in [-0.15, -0.1) is 0 Å². The van der Waals surface area contributed by atoms with Crippen LogP contribution in [0.15, 0.2) is 18.2 Å². The Morgan fingerprint density at radius 2 is 2.00 bits per heavy atom. The van der Waals surface area contributed by atoms with Gasteiger partial charge in [0.1, 0.15) is 12.4 Å². The molecule has 21 heavy (non-hydrogen) atoms. The van der Waals surface area contributed by atoms with Gasteiger partial charge >= 0.3 is 0 Å². The molecule has 0 heterocycles. The smallest absolute Gasteiger partial charge is 0.142 e. The molecule has 1 saturated carbocycles. The van der Waals surface area contributed by atoms with Crippen molar-refractivity contribution >= 4 is 5.69 Å². The normalized spacial score (nSPS) is 22.6. The highest BCUT2D eigenvalue weighted by atomic mass is 16.5. The van der Waals surface area contributed by atoms with Gasteiger partial charge in [0.25, 0.3) is 0 Å². The SMILES string of the molecule is COCCOc1cc(C)ccc1NC1CCCC(C)CC1. The van der Waals surface area contributed by atoms with Crippen molar-refractivity contribution in [2.45, 2.75) is 52.0 Å². The van der Waals surface area contributed by atoms with Crippen LogP contribution in [0.5, 0.6) is 5.75 Å². The van der Waals surface area contributed by atoms with Gasteiger partial charge in [-0.3, -0.25) is 0 Å². The van der Waals surface area contributed by atoms with E-state index in [0.29, 0.717) is 19.3 Å². The van der Waals surface area contributed by atoms with Crippen LogP contribution in [0.4, 0.5) is 5.69 Å². The maximum Gasteiger partial charge on any atom is 0.142 e. The Hall–Kier alpha value is -1.22. The Morgan fingerprint density at radius 3 is 2.81 bits per heavy atom. The molecule has 0 radical (unpaired) electrons. The molecule has 1 aromatic rings. The maximum absolute atomic E-state index is 5.86. The van der Waals surface area contributed by atoms with Crippen LogP contribution >= 0.6 is 0 Å². The average Bonchev–Trinajstić information content (AvgIpc) is 2.67. The zero-order chi connectivity index (χ0) is 15.1. The van der Waals surface area contributed by atoms with Gasteiger partial charge in [-0.05, 0) is 49.8 Å². The highest BCUT2D eigenvalue weighted by molar-refractivity contribution is 5.58. The van der Waals surface area contributed by atoms with Crippen molar-refractivity contribution in [3.63, 3.8) is 0 Å². The molecule has 2 atom stereocenters. The molecule has 1 aliphatic rings. The van der Waals surface area contributed by atoms with E-state index in [1.165, 1.54) is 37.7 Å². The molecule has 2 unspecified atom stereocenters. The minimum absolute atomic E-state index is 0.572. The fraction of sp³-hybridized carbons (Fsp3) is 0.667. The Labute approximate surface area is 129 Å². The minimum Gasteiger partial charge on any atom is -0.489 e. The van der Waals surface area contributed by atoms with Crippen molar-refractivity contribution in [3.8, 4) is 5.75 Å². The number of ether oxygens (including phenoxy) is 2. The number of benzene rings is 1. The van der Waals surface area contributed by atoms with E-state index >= 15 is 0 Å². The fourth-order valence-corrected chi connectivity index (χ4v) is 2.95. The molecule has 0 aromatic heterocycles. The second-order valence-corrected chi connectivity index (χ2v) is 6.30. The summed E-state index contributed by atoms with van der Waals surface area (Å²) in [5.74, 6) is 1.82. The highest BCUT2D eigenvalue weighted by Crippen LogP contribution is 2.30. The molecular weight excluding hydrogens is 262 g/mol. The van der Waals surface area contributed by atoms with E-state index in [-0.39, 0.29) is 0 Å². The van der Waals surface area contributed by atoms with Gasteiger partial charge in [0.15, 0.2) is 0 Å². The standard InChI is InChI=1S/C18H29NO2/c1-14-5-4-6-16(9-7-14)19-17-10-8-15(2)13-18(17)21-12-11-20-3/h8,10,13-14,16,19H,4-7,9,11-12H2,1-3H3. The summed E-state index contributed by atoms with van der Waals surface area (Å²) >= 11 is 0. The van der Waals surface area contributed by atoms with Crippen molar-refractivity contribution < 1.29 is 9.47 Å². The average molecular weight is 291 g/mol. The number of nitrogens with one attached hydrogen (secondary N) is 1. The van der Waals surface area contributed by atoms with E-state index in [2.05, 4.69) is 37.4 Å². The van der Waals surface area contributed by atoms with Gasteiger partial charge < -0.3 is 14.8 Å². The predicted molar refractivity (Wildman–Crippen MR) is 88.2 cm³/mol. The zero-order valence-corrected chi connectivity index (χ0v) is 13.7. The molecule has 1 fully saturated rings. The van der Waals surface area contributed by atoms with Crippen molar-refractivity contribution in [2.24, 2.45) is 5.92 Å². The molecular formula is C18H29NO2. The lowest BCUT2D eigenvalue weighted by Gasteiger charge is -2.21. The van der Waals surface area contributed by atoms with E-state index in [1.54, 1.807) is 7.11 Å². The maximum atomic E-state index is 5.86. The Morgan fingerprint density at radius 1 is 1.14 bits per heavy atom. The lowest BCUT2D eigenvalue weighted by atomic mass is 10.0. The summed E-state index contributed by atoms with van der Waals surface area (Å²) in [6.07, 6.45) is 6.53. The second-order valence-electron chi connectivity index (χ2n) is 6.30. The molecule has 0 aliphatic heterocycles. The number of hydrogen-bond donors (Lipinski definition) is 1. The topological polar surface area (TPSA) is 30.5 Å². The van der Waals surface area contributed by atoms with Gasteiger partial charge in [-0.1, -0.05) is 25.8 Å². The highest BCUT2D eigenvalue weighted by Gasteiger charge is 2.17. The Kier molecular flexibility index (Phi) is 6.37. The largest absolute Gasteiger partial charge is 0.489 e. The van der Waals surface area contributed by atoms with E-state index in [1.807, 2.05) is 0 Å². The van der Waals surface area contributed by atoms with E-state index in [4.69, 9.17) is 9.47 Å². The first-order valence-corrected chi connectivity index (χ1v) is 8.18. The molecule has 3 heteroatoms. The number of aryl methyl sites for hydroxylation is 1. The van der Waals surface area contributed by atoms with Crippen LogP contribution in [0.25, 0.3) is 0 Å². The van der Waals surface area contributed by atoms with Crippen LogP contribution in [0, 0.1) is 12.8 Å². The van der Waals surface area contributed by atoms with Crippen LogP contribution < -0.4 is 10.1 Å². The Bertz CT molecular complexity index is 433. The van der Waals surface area contributed by atoms with Crippen LogP contribution in [0.2, 0.25) is 0 Å². The molecule has 118 valence electrons. The third-order valence-corrected chi connectivity index (χ3v) is 4.30. The fourth-order valence-electron chi connectivity index (χ4n) is 2.95. The Balaban J connectivity index is 2.00. The van der Waals surface area contributed by atoms with Gasteiger partial charge in [0, 0.05) is 13.2 Å². The molecule has 1 aliphatic carbocycles. The van der Waals surface area contributed by atoms with E-state index < -0.39 is 0 Å². The first-order chi connectivity index (χ1) is 10.2. The monoisotopic (exact) mass is 291 g/mol. The first-order valence-electron chi connectivity index (χ1n) is 8.18. The summed E-state index contributed by atoms with van der Waals surface area (Å²) in [5, 5.41) is 3.70. The van der Waals surface area contributed by atoms with Crippen LogP contribution in [-0.4, -0.2) is 26.4 Å². The third-order valence-electron chi connectivity index (χ3n) is 4.30. The van der Waals surface area contributed by atoms with E-state index in [0.717, 1.165) is 17.4 Å². The van der Waals surface area contributed by atoms with E-state index in [9.17, 15) is 0 Å². The summed E-state index contributed by atoms with van der Waals surface area (Å²) in [4.78, 5) is 0. The third kappa shape index (κ3) is 5.24.